The molecular formula is C42H58N8O7. The molecule has 1 saturated heterocycles. The molecule has 1 fully saturated rings. The highest BCUT2D eigenvalue weighted by atomic mass is 16.2. The Morgan fingerprint density at radius 3 is 1.89 bits per heavy atom. The van der Waals surface area contributed by atoms with Crippen molar-refractivity contribution >= 4 is 52.3 Å². The van der Waals surface area contributed by atoms with Crippen LogP contribution in [-0.4, -0.2) is 89.1 Å². The molecule has 7 atom stereocenters. The maximum atomic E-state index is 14.2. The van der Waals surface area contributed by atoms with E-state index in [1.807, 2.05) is 68.4 Å². The molecule has 3 aromatic rings. The molecule has 15 heteroatoms. The average molecular weight is 787 g/mol. The fourth-order valence-corrected chi connectivity index (χ4v) is 6.76. The molecule has 0 aliphatic carbocycles. The van der Waals surface area contributed by atoms with Crippen LogP contribution in [0.3, 0.4) is 0 Å². The number of hydrogen-bond acceptors (Lipinski definition) is 7. The topological polar surface area (TPSA) is 219 Å². The van der Waals surface area contributed by atoms with E-state index in [2.05, 4.69) is 42.2 Å². The van der Waals surface area contributed by atoms with Crippen LogP contribution in [0.15, 0.2) is 60.8 Å². The van der Waals surface area contributed by atoms with Gasteiger partial charge in [0.05, 0.1) is 0 Å². The monoisotopic (exact) mass is 786 g/mol. The number of aromatic nitrogens is 1. The first-order valence-electron chi connectivity index (χ1n) is 19.7. The van der Waals surface area contributed by atoms with Gasteiger partial charge in [-0.25, -0.2) is 0 Å². The number of nitrogens with one attached hydrogen (secondary N) is 8. The van der Waals surface area contributed by atoms with Crippen LogP contribution in [0.5, 0.6) is 0 Å². The van der Waals surface area contributed by atoms with Gasteiger partial charge in [0.2, 0.25) is 41.4 Å². The van der Waals surface area contributed by atoms with E-state index in [1.165, 1.54) is 13.8 Å². The summed E-state index contributed by atoms with van der Waals surface area (Å²) in [5.41, 5.74) is 2.40. The molecule has 4 rings (SSSR count). The van der Waals surface area contributed by atoms with Gasteiger partial charge in [-0.15, -0.1) is 0 Å². The van der Waals surface area contributed by atoms with Crippen LogP contribution in [0.1, 0.15) is 84.8 Å². The average Bonchev–Trinajstić information content (AvgIpc) is 3.58. The van der Waals surface area contributed by atoms with Gasteiger partial charge in [-0.2, -0.15) is 0 Å². The number of hydrogen-bond donors (Lipinski definition) is 8. The Bertz CT molecular complexity index is 1890. The van der Waals surface area contributed by atoms with Gasteiger partial charge in [0, 0.05) is 42.4 Å². The molecule has 57 heavy (non-hydrogen) atoms. The van der Waals surface area contributed by atoms with Crippen LogP contribution in [-0.2, 0) is 40.0 Å². The van der Waals surface area contributed by atoms with Crippen molar-refractivity contribution in [1.29, 1.82) is 0 Å². The summed E-state index contributed by atoms with van der Waals surface area (Å²) in [4.78, 5) is 98.6. The predicted octanol–water partition coefficient (Wildman–Crippen LogP) is 2.07. The molecule has 0 unspecified atom stereocenters. The highest BCUT2D eigenvalue weighted by Gasteiger charge is 2.36. The van der Waals surface area contributed by atoms with E-state index >= 15 is 0 Å². The second kappa shape index (κ2) is 20.4. The van der Waals surface area contributed by atoms with Crippen molar-refractivity contribution < 1.29 is 33.6 Å². The molecule has 0 bridgehead atoms. The number of rotatable bonds is 7. The summed E-state index contributed by atoms with van der Waals surface area (Å²) in [6.07, 6.45) is 2.35. The summed E-state index contributed by atoms with van der Waals surface area (Å²) in [5, 5.41) is 20.2. The van der Waals surface area contributed by atoms with Crippen molar-refractivity contribution in [2.75, 3.05) is 6.54 Å². The zero-order valence-electron chi connectivity index (χ0n) is 33.9. The first kappa shape index (κ1) is 44.0. The lowest BCUT2D eigenvalue weighted by Crippen LogP contribution is -2.61. The van der Waals surface area contributed by atoms with Gasteiger partial charge in [0.15, 0.2) is 0 Å². The minimum absolute atomic E-state index is 0.0136. The van der Waals surface area contributed by atoms with Crippen LogP contribution in [0.4, 0.5) is 0 Å². The molecule has 8 N–H and O–H groups in total. The summed E-state index contributed by atoms with van der Waals surface area (Å²) in [6, 6.07) is 10.2. The van der Waals surface area contributed by atoms with E-state index in [1.54, 1.807) is 27.0 Å². The maximum Gasteiger partial charge on any atom is 0.243 e. The summed E-state index contributed by atoms with van der Waals surface area (Å²) < 4.78 is 0. The van der Waals surface area contributed by atoms with Crippen molar-refractivity contribution in [3.05, 3.63) is 71.9 Å². The fraction of sp³-hybridized carbons (Fsp3) is 0.500. The van der Waals surface area contributed by atoms with Crippen molar-refractivity contribution in [2.45, 2.75) is 116 Å². The normalized spacial score (nSPS) is 24.8. The van der Waals surface area contributed by atoms with Crippen LogP contribution >= 0.6 is 0 Å². The van der Waals surface area contributed by atoms with Crippen LogP contribution in [0.25, 0.3) is 10.9 Å². The van der Waals surface area contributed by atoms with Gasteiger partial charge in [-0.1, -0.05) is 83.1 Å². The second-order valence-corrected chi connectivity index (χ2v) is 15.6. The van der Waals surface area contributed by atoms with Gasteiger partial charge in [0.25, 0.3) is 0 Å². The number of para-hydroxylation sites is 1. The number of carbonyl (C=O) groups is 7. The van der Waals surface area contributed by atoms with E-state index in [4.69, 9.17) is 0 Å². The zero-order valence-corrected chi connectivity index (χ0v) is 33.9. The summed E-state index contributed by atoms with van der Waals surface area (Å²) in [7, 11) is 0. The Kier molecular flexibility index (Phi) is 15.8. The first-order chi connectivity index (χ1) is 27.0. The molecule has 7 amide bonds. The van der Waals surface area contributed by atoms with Crippen molar-refractivity contribution in [3.63, 3.8) is 0 Å². The number of aromatic amines is 1. The SMILES string of the molecule is CC(C)C[C@@H]1NC(=O)[C@H]([C@H](C)c2ccccc2)NC(=O)[C@H](C(C)C)NC(=O)[C@H](C)NC(=O)CCCNC(=O)[C@@H](Cc2c[nH]c3ccccc23)NC(=O)[C@@H](C)NC1=O. The molecular weight excluding hydrogens is 729 g/mol. The Labute approximate surface area is 334 Å². The Morgan fingerprint density at radius 1 is 0.614 bits per heavy atom. The number of amides is 7. The molecule has 0 radical (unpaired) electrons. The third-order valence-corrected chi connectivity index (χ3v) is 10.1. The number of fused-ring (bicyclic) bond motifs is 1. The lowest BCUT2D eigenvalue weighted by atomic mass is 9.91. The summed E-state index contributed by atoms with van der Waals surface area (Å²) in [5.74, 6) is -5.05. The molecule has 308 valence electrons. The van der Waals surface area contributed by atoms with E-state index < -0.39 is 89.4 Å². The van der Waals surface area contributed by atoms with Gasteiger partial charge < -0.3 is 42.2 Å². The Hall–Kier alpha value is -5.73. The molecule has 2 heterocycles. The Balaban J connectivity index is 1.66. The minimum Gasteiger partial charge on any atom is -0.361 e. The van der Waals surface area contributed by atoms with Crippen LogP contribution in [0.2, 0.25) is 0 Å². The van der Waals surface area contributed by atoms with Crippen molar-refractivity contribution in [2.24, 2.45) is 11.8 Å². The van der Waals surface area contributed by atoms with Gasteiger partial charge in [-0.3, -0.25) is 33.6 Å². The predicted molar refractivity (Wildman–Crippen MR) is 216 cm³/mol. The van der Waals surface area contributed by atoms with E-state index in [-0.39, 0.29) is 38.1 Å². The first-order valence-corrected chi connectivity index (χ1v) is 19.7. The largest absolute Gasteiger partial charge is 0.361 e. The van der Waals surface area contributed by atoms with Crippen molar-refractivity contribution in [3.8, 4) is 0 Å². The van der Waals surface area contributed by atoms with Crippen LogP contribution < -0.4 is 37.2 Å². The lowest BCUT2D eigenvalue weighted by molar-refractivity contribution is -0.136. The van der Waals surface area contributed by atoms with Gasteiger partial charge in [-0.05, 0) is 55.7 Å². The molecule has 1 aromatic heterocycles. The fourth-order valence-electron chi connectivity index (χ4n) is 6.76. The lowest BCUT2D eigenvalue weighted by Gasteiger charge is -2.31. The smallest absolute Gasteiger partial charge is 0.243 e. The highest BCUT2D eigenvalue weighted by molar-refractivity contribution is 5.97. The zero-order chi connectivity index (χ0) is 41.8. The molecule has 1 aliphatic heterocycles. The highest BCUT2D eigenvalue weighted by Crippen LogP contribution is 2.22. The van der Waals surface area contributed by atoms with Crippen LogP contribution in [0, 0.1) is 11.8 Å². The molecule has 15 nitrogen and oxygen atoms in total. The molecule has 0 spiro atoms. The molecule has 0 saturated carbocycles. The number of carbonyl (C=O) groups excluding carboxylic acids is 7. The van der Waals surface area contributed by atoms with Gasteiger partial charge in [0.1, 0.15) is 36.3 Å². The number of H-pyrrole nitrogens is 1. The quantitative estimate of drug-likeness (QED) is 0.178. The van der Waals surface area contributed by atoms with E-state index in [9.17, 15) is 33.6 Å². The Morgan fingerprint density at radius 2 is 1.21 bits per heavy atom. The third kappa shape index (κ3) is 12.4. The van der Waals surface area contributed by atoms with Crippen molar-refractivity contribution in [1.82, 2.24) is 42.2 Å². The van der Waals surface area contributed by atoms with Gasteiger partial charge >= 0.3 is 0 Å². The van der Waals surface area contributed by atoms with E-state index in [0.717, 1.165) is 22.0 Å². The summed E-state index contributed by atoms with van der Waals surface area (Å²) in [6.45, 7) is 12.1. The molecule has 1 aliphatic rings. The maximum absolute atomic E-state index is 14.2. The minimum atomic E-state index is -1.18. The summed E-state index contributed by atoms with van der Waals surface area (Å²) >= 11 is 0. The standard InChI is InChI=1S/C42H58N8O7/c1-23(2)20-32-40(55)46-27(7)37(52)47-33(21-29-22-44-31-17-12-11-16-30(29)31)39(54)43-19-13-18-34(51)45-26(6)38(53)49-35(24(3)4)41(56)50-36(42(57)48-32)25(5)28-14-9-8-10-15-28/h8-12,14-17,22-27,32-33,35-36,44H,13,18-21H2,1-7H3,(H,43,54)(H,45,51)(H,46,55)(H,47,52)(H,48,57)(H,49,53)(H,50,56)/t25-,26+,27-,32+,33-,35+,36+/m1/s1. The second-order valence-electron chi connectivity index (χ2n) is 15.6. The van der Waals surface area contributed by atoms with E-state index in [0.29, 0.717) is 0 Å². The number of benzene rings is 2. The molecule has 2 aromatic carbocycles. The third-order valence-electron chi connectivity index (χ3n) is 10.1.